The van der Waals surface area contributed by atoms with Crippen molar-refractivity contribution in [1.29, 1.82) is 0 Å². The molecule has 8 heteroatoms. The van der Waals surface area contributed by atoms with Gasteiger partial charge in [0.05, 0.1) is 30.5 Å². The molecule has 0 saturated carbocycles. The summed E-state index contributed by atoms with van der Waals surface area (Å²) in [5, 5.41) is 7.75. The summed E-state index contributed by atoms with van der Waals surface area (Å²) in [6.45, 7) is 1.79. The van der Waals surface area contributed by atoms with E-state index in [4.69, 9.17) is 16.3 Å². The van der Waals surface area contributed by atoms with E-state index in [0.717, 1.165) is 17.0 Å². The SMILES string of the molecule is COCc1cc(CN(C)C(=O)C2CCC(=O)N(Cc3ccc(Cl)cc3)C2)[nH]n1. The van der Waals surface area contributed by atoms with Gasteiger partial charge in [0, 0.05) is 38.7 Å². The topological polar surface area (TPSA) is 78.5 Å². The highest BCUT2D eigenvalue weighted by Gasteiger charge is 2.32. The Labute approximate surface area is 169 Å². The zero-order valence-electron chi connectivity index (χ0n) is 16.2. The standard InChI is InChI=1S/C20H25ClN4O3/c1-24(12-17-9-18(13-28-2)23-22-17)20(27)15-5-8-19(26)25(11-15)10-14-3-6-16(21)7-4-14/h3-4,6-7,9,15H,5,8,10-13H2,1-2H3,(H,22,23). The molecule has 2 heterocycles. The summed E-state index contributed by atoms with van der Waals surface area (Å²) < 4.78 is 5.06. The summed E-state index contributed by atoms with van der Waals surface area (Å²) in [4.78, 5) is 28.7. The largest absolute Gasteiger partial charge is 0.378 e. The van der Waals surface area contributed by atoms with Crippen LogP contribution in [-0.4, -0.2) is 52.5 Å². The van der Waals surface area contributed by atoms with Gasteiger partial charge >= 0.3 is 0 Å². The Bertz CT molecular complexity index is 821. The number of carbonyl (C=O) groups is 2. The second kappa shape index (κ2) is 9.21. The van der Waals surface area contributed by atoms with Crippen LogP contribution >= 0.6 is 11.6 Å². The molecule has 1 fully saturated rings. The monoisotopic (exact) mass is 404 g/mol. The van der Waals surface area contributed by atoms with Gasteiger partial charge in [-0.3, -0.25) is 14.7 Å². The number of likely N-dealkylation sites (tertiary alicyclic amines) is 1. The van der Waals surface area contributed by atoms with Crippen molar-refractivity contribution in [2.24, 2.45) is 5.92 Å². The number of aromatic amines is 1. The van der Waals surface area contributed by atoms with Crippen molar-refractivity contribution in [2.75, 3.05) is 20.7 Å². The first-order valence-corrected chi connectivity index (χ1v) is 9.63. The first kappa shape index (κ1) is 20.4. The van der Waals surface area contributed by atoms with Gasteiger partial charge in [-0.05, 0) is 30.2 Å². The Kier molecular flexibility index (Phi) is 6.70. The number of halogens is 1. The number of nitrogens with zero attached hydrogens (tertiary/aromatic N) is 3. The number of ether oxygens (including phenoxy) is 1. The van der Waals surface area contributed by atoms with E-state index in [9.17, 15) is 9.59 Å². The van der Waals surface area contributed by atoms with E-state index in [0.29, 0.717) is 44.1 Å². The number of aromatic nitrogens is 2. The van der Waals surface area contributed by atoms with Crippen molar-refractivity contribution < 1.29 is 14.3 Å². The average Bonchev–Trinajstić information content (AvgIpc) is 3.12. The summed E-state index contributed by atoms with van der Waals surface area (Å²) in [5.41, 5.74) is 2.66. The summed E-state index contributed by atoms with van der Waals surface area (Å²) in [7, 11) is 3.39. The number of nitrogens with one attached hydrogen (secondary N) is 1. The van der Waals surface area contributed by atoms with Crippen LogP contribution in [0.1, 0.15) is 29.8 Å². The molecule has 1 aliphatic rings. The summed E-state index contributed by atoms with van der Waals surface area (Å²) in [5.74, 6) is -0.0766. The minimum Gasteiger partial charge on any atom is -0.378 e. The molecule has 0 radical (unpaired) electrons. The molecule has 150 valence electrons. The third-order valence-electron chi connectivity index (χ3n) is 4.90. The number of H-pyrrole nitrogens is 1. The Hall–Kier alpha value is -2.38. The number of benzene rings is 1. The highest BCUT2D eigenvalue weighted by molar-refractivity contribution is 6.30. The third kappa shape index (κ3) is 5.11. The van der Waals surface area contributed by atoms with Crippen LogP contribution < -0.4 is 0 Å². The zero-order chi connectivity index (χ0) is 20.1. The van der Waals surface area contributed by atoms with Crippen molar-refractivity contribution in [1.82, 2.24) is 20.0 Å². The van der Waals surface area contributed by atoms with Gasteiger partial charge in [-0.25, -0.2) is 0 Å². The van der Waals surface area contributed by atoms with Gasteiger partial charge < -0.3 is 14.5 Å². The normalized spacial score (nSPS) is 17.0. The second-order valence-corrected chi connectivity index (χ2v) is 7.58. The van der Waals surface area contributed by atoms with Crippen LogP contribution in [-0.2, 0) is 34.0 Å². The number of hydrogen-bond acceptors (Lipinski definition) is 4. The zero-order valence-corrected chi connectivity index (χ0v) is 16.9. The van der Waals surface area contributed by atoms with Gasteiger partial charge in [0.2, 0.25) is 11.8 Å². The minimum atomic E-state index is -0.198. The van der Waals surface area contributed by atoms with Crippen molar-refractivity contribution in [2.45, 2.75) is 32.5 Å². The number of carbonyl (C=O) groups excluding carboxylic acids is 2. The maximum Gasteiger partial charge on any atom is 0.227 e. The Morgan fingerprint density at radius 2 is 2.14 bits per heavy atom. The van der Waals surface area contributed by atoms with Crippen LogP contribution in [0.3, 0.4) is 0 Å². The lowest BCUT2D eigenvalue weighted by Gasteiger charge is -2.34. The molecule has 1 aromatic carbocycles. The lowest BCUT2D eigenvalue weighted by molar-refractivity contribution is -0.143. The molecule has 2 amide bonds. The number of hydrogen-bond donors (Lipinski definition) is 1. The van der Waals surface area contributed by atoms with Crippen LogP contribution in [0.4, 0.5) is 0 Å². The van der Waals surface area contributed by atoms with Gasteiger partial charge in [-0.2, -0.15) is 5.10 Å². The average molecular weight is 405 g/mol. The molecule has 1 atom stereocenters. The van der Waals surface area contributed by atoms with Gasteiger partial charge in [0.25, 0.3) is 0 Å². The van der Waals surface area contributed by atoms with Crippen LogP contribution in [0.2, 0.25) is 5.02 Å². The van der Waals surface area contributed by atoms with Crippen molar-refractivity contribution >= 4 is 23.4 Å². The fraction of sp³-hybridized carbons (Fsp3) is 0.450. The first-order chi connectivity index (χ1) is 13.5. The van der Waals surface area contributed by atoms with Crippen molar-refractivity contribution in [3.63, 3.8) is 0 Å². The molecule has 1 saturated heterocycles. The van der Waals surface area contributed by atoms with Crippen LogP contribution in [0.15, 0.2) is 30.3 Å². The van der Waals surface area contributed by atoms with E-state index in [1.54, 1.807) is 24.0 Å². The van der Waals surface area contributed by atoms with Gasteiger partial charge in [-0.15, -0.1) is 0 Å². The maximum absolute atomic E-state index is 12.9. The predicted molar refractivity (Wildman–Crippen MR) is 105 cm³/mol. The highest BCUT2D eigenvalue weighted by atomic mass is 35.5. The Morgan fingerprint density at radius 1 is 1.39 bits per heavy atom. The molecular weight excluding hydrogens is 380 g/mol. The molecule has 28 heavy (non-hydrogen) atoms. The molecule has 1 N–H and O–H groups in total. The van der Waals surface area contributed by atoms with E-state index in [-0.39, 0.29) is 17.7 Å². The van der Waals surface area contributed by atoms with E-state index in [1.165, 1.54) is 0 Å². The second-order valence-electron chi connectivity index (χ2n) is 7.15. The fourth-order valence-electron chi connectivity index (χ4n) is 3.44. The molecule has 2 aromatic rings. The highest BCUT2D eigenvalue weighted by Crippen LogP contribution is 2.22. The predicted octanol–water partition coefficient (Wildman–Crippen LogP) is 2.61. The summed E-state index contributed by atoms with van der Waals surface area (Å²) in [6.07, 6.45) is 0.969. The molecule has 1 aromatic heterocycles. The van der Waals surface area contributed by atoms with Gasteiger partial charge in [-0.1, -0.05) is 23.7 Å². The van der Waals surface area contributed by atoms with E-state index in [2.05, 4.69) is 10.2 Å². The first-order valence-electron chi connectivity index (χ1n) is 9.25. The van der Waals surface area contributed by atoms with E-state index >= 15 is 0 Å². The molecule has 0 spiro atoms. The van der Waals surface area contributed by atoms with Crippen LogP contribution in [0.5, 0.6) is 0 Å². The third-order valence-corrected chi connectivity index (χ3v) is 5.15. The van der Waals surface area contributed by atoms with Gasteiger partial charge in [0.1, 0.15) is 0 Å². The Morgan fingerprint density at radius 3 is 2.86 bits per heavy atom. The van der Waals surface area contributed by atoms with Crippen molar-refractivity contribution in [3.05, 3.63) is 52.3 Å². The maximum atomic E-state index is 12.9. The van der Waals surface area contributed by atoms with Crippen LogP contribution in [0, 0.1) is 5.92 Å². The van der Waals surface area contributed by atoms with Gasteiger partial charge in [0.15, 0.2) is 0 Å². The van der Waals surface area contributed by atoms with Crippen molar-refractivity contribution in [3.8, 4) is 0 Å². The molecule has 1 unspecified atom stereocenters. The number of amides is 2. The summed E-state index contributed by atoms with van der Waals surface area (Å²) >= 11 is 5.92. The molecule has 7 nitrogen and oxygen atoms in total. The lowest BCUT2D eigenvalue weighted by atomic mass is 9.95. The molecular formula is C20H25ClN4O3. The fourth-order valence-corrected chi connectivity index (χ4v) is 3.56. The molecule has 0 aliphatic carbocycles. The molecule has 1 aliphatic heterocycles. The Balaban J connectivity index is 1.59. The number of methoxy groups -OCH3 is 1. The summed E-state index contributed by atoms with van der Waals surface area (Å²) in [6, 6.07) is 9.32. The smallest absolute Gasteiger partial charge is 0.227 e. The minimum absolute atomic E-state index is 0.0384. The quantitative estimate of drug-likeness (QED) is 0.769. The van der Waals surface area contributed by atoms with E-state index in [1.807, 2.05) is 30.3 Å². The number of piperidine rings is 1. The van der Waals surface area contributed by atoms with E-state index < -0.39 is 0 Å². The lowest BCUT2D eigenvalue weighted by Crippen LogP contribution is -2.45. The number of rotatable bonds is 7. The molecule has 3 rings (SSSR count). The van der Waals surface area contributed by atoms with Crippen LogP contribution in [0.25, 0.3) is 0 Å². The molecule has 0 bridgehead atoms.